The van der Waals surface area contributed by atoms with Gasteiger partial charge in [-0.15, -0.1) is 0 Å². The van der Waals surface area contributed by atoms with Crippen molar-refractivity contribution in [1.82, 2.24) is 0 Å². The second kappa shape index (κ2) is 9.12. The minimum Gasteiger partial charge on any atom is -0.497 e. The number of carbonyl (C=O) groups excluding carboxylic acids is 1. The van der Waals surface area contributed by atoms with Crippen molar-refractivity contribution in [3.8, 4) is 5.75 Å². The Morgan fingerprint density at radius 3 is 2.38 bits per heavy atom. The zero-order chi connectivity index (χ0) is 20.9. The van der Waals surface area contributed by atoms with Crippen LogP contribution in [0.4, 0.5) is 0 Å². The second-order valence-electron chi connectivity index (χ2n) is 8.20. The number of methoxy groups -OCH3 is 1. The summed E-state index contributed by atoms with van der Waals surface area (Å²) in [5, 5.41) is 0. The molecule has 0 bridgehead atoms. The summed E-state index contributed by atoms with van der Waals surface area (Å²) in [6, 6.07) is 17.8. The zero-order valence-corrected chi connectivity index (χ0v) is 17.6. The maximum atomic E-state index is 11.9. The van der Waals surface area contributed by atoms with Crippen LogP contribution < -0.4 is 4.74 Å². The highest BCUT2D eigenvalue weighted by Gasteiger charge is 2.32. The molecule has 154 valence electrons. The van der Waals surface area contributed by atoms with Crippen LogP contribution >= 0.6 is 0 Å². The molecule has 0 saturated heterocycles. The van der Waals surface area contributed by atoms with E-state index in [2.05, 4.69) is 12.1 Å². The molecular weight excluding hydrogens is 366 g/mol. The lowest BCUT2D eigenvalue weighted by atomic mass is 9.97. The van der Waals surface area contributed by atoms with Crippen molar-refractivity contribution in [1.29, 1.82) is 0 Å². The van der Waals surface area contributed by atoms with Gasteiger partial charge in [0.25, 0.3) is 0 Å². The minimum absolute atomic E-state index is 0.0772. The average molecular weight is 395 g/mol. The fourth-order valence-corrected chi connectivity index (χ4v) is 3.15. The van der Waals surface area contributed by atoms with Crippen molar-refractivity contribution >= 4 is 11.9 Å². The standard InChI is InChI=1S/C24H29NO4/c1-24(2,3)23(26)28-16-8-11-20-21(17-9-6-5-7-10-17)25-22(29-20)18-12-14-19(27-4)15-13-18/h5-7,9-10,12-15,20-21H,8,11,16H2,1-4H3/t20-,21-/m0/s1. The van der Waals surface area contributed by atoms with Gasteiger partial charge in [0.05, 0.1) is 19.1 Å². The molecule has 0 N–H and O–H groups in total. The molecule has 2 atom stereocenters. The van der Waals surface area contributed by atoms with Gasteiger partial charge in [0.15, 0.2) is 0 Å². The van der Waals surface area contributed by atoms with Crippen molar-refractivity contribution in [2.24, 2.45) is 10.4 Å². The summed E-state index contributed by atoms with van der Waals surface area (Å²) in [6.07, 6.45) is 1.38. The van der Waals surface area contributed by atoms with Crippen LogP contribution in [-0.2, 0) is 14.3 Å². The number of hydrogen-bond acceptors (Lipinski definition) is 5. The molecule has 0 spiro atoms. The molecule has 1 aliphatic rings. The molecule has 0 unspecified atom stereocenters. The smallest absolute Gasteiger partial charge is 0.311 e. The lowest BCUT2D eigenvalue weighted by Gasteiger charge is -2.19. The number of esters is 1. The summed E-state index contributed by atoms with van der Waals surface area (Å²) >= 11 is 0. The predicted octanol–water partition coefficient (Wildman–Crippen LogP) is 4.95. The number of aliphatic imine (C=N–C) groups is 1. The van der Waals surface area contributed by atoms with E-state index in [1.54, 1.807) is 7.11 Å². The van der Waals surface area contributed by atoms with Gasteiger partial charge in [-0.2, -0.15) is 0 Å². The molecule has 3 rings (SSSR count). The number of nitrogens with zero attached hydrogens (tertiary/aromatic N) is 1. The summed E-state index contributed by atoms with van der Waals surface area (Å²) in [4.78, 5) is 16.8. The van der Waals surface area contributed by atoms with Crippen LogP contribution in [0.3, 0.4) is 0 Å². The Kier molecular flexibility index (Phi) is 6.57. The average Bonchev–Trinajstić information content (AvgIpc) is 3.15. The lowest BCUT2D eigenvalue weighted by molar-refractivity contribution is -0.153. The third-order valence-electron chi connectivity index (χ3n) is 4.83. The normalized spacial score (nSPS) is 18.7. The van der Waals surface area contributed by atoms with Crippen molar-refractivity contribution < 1.29 is 19.0 Å². The van der Waals surface area contributed by atoms with E-state index in [0.717, 1.165) is 29.7 Å². The van der Waals surface area contributed by atoms with Gasteiger partial charge in [0.2, 0.25) is 5.90 Å². The summed E-state index contributed by atoms with van der Waals surface area (Å²) < 4.78 is 16.9. The van der Waals surface area contributed by atoms with Gasteiger partial charge in [-0.3, -0.25) is 4.79 Å². The first-order valence-corrected chi connectivity index (χ1v) is 9.99. The highest BCUT2D eigenvalue weighted by atomic mass is 16.5. The van der Waals surface area contributed by atoms with Gasteiger partial charge < -0.3 is 14.2 Å². The number of carbonyl (C=O) groups is 1. The van der Waals surface area contributed by atoms with Crippen molar-refractivity contribution in [3.05, 3.63) is 65.7 Å². The van der Waals surface area contributed by atoms with E-state index in [1.807, 2.05) is 63.2 Å². The number of rotatable bonds is 7. The topological polar surface area (TPSA) is 57.1 Å². The molecule has 2 aromatic rings. The molecule has 0 saturated carbocycles. The van der Waals surface area contributed by atoms with Gasteiger partial charge in [-0.25, -0.2) is 4.99 Å². The Bertz CT molecular complexity index is 837. The van der Waals surface area contributed by atoms with Crippen LogP contribution in [0.2, 0.25) is 0 Å². The van der Waals surface area contributed by atoms with E-state index >= 15 is 0 Å². The maximum Gasteiger partial charge on any atom is 0.311 e. The summed E-state index contributed by atoms with van der Waals surface area (Å²) in [5.41, 5.74) is 1.56. The van der Waals surface area contributed by atoms with Crippen molar-refractivity contribution in [2.75, 3.05) is 13.7 Å². The Labute approximate surface area is 172 Å². The zero-order valence-electron chi connectivity index (χ0n) is 17.6. The number of benzene rings is 2. The summed E-state index contributed by atoms with van der Waals surface area (Å²) in [5.74, 6) is 1.25. The number of hydrogen-bond donors (Lipinski definition) is 0. The van der Waals surface area contributed by atoms with Crippen LogP contribution in [0, 0.1) is 5.41 Å². The molecule has 5 nitrogen and oxygen atoms in total. The van der Waals surface area contributed by atoms with E-state index in [4.69, 9.17) is 19.2 Å². The van der Waals surface area contributed by atoms with E-state index in [9.17, 15) is 4.79 Å². The Hall–Kier alpha value is -2.82. The Morgan fingerprint density at radius 2 is 1.76 bits per heavy atom. The Morgan fingerprint density at radius 1 is 1.07 bits per heavy atom. The molecule has 0 aliphatic carbocycles. The molecule has 0 amide bonds. The quantitative estimate of drug-likeness (QED) is 0.492. The van der Waals surface area contributed by atoms with Crippen LogP contribution in [0.1, 0.15) is 50.8 Å². The van der Waals surface area contributed by atoms with E-state index in [0.29, 0.717) is 12.5 Å². The highest BCUT2D eigenvalue weighted by molar-refractivity contribution is 5.95. The molecule has 0 aromatic heterocycles. The minimum atomic E-state index is -0.485. The highest BCUT2D eigenvalue weighted by Crippen LogP contribution is 2.33. The van der Waals surface area contributed by atoms with Gasteiger partial charge in [-0.05, 0) is 63.4 Å². The van der Waals surface area contributed by atoms with E-state index in [1.165, 1.54) is 0 Å². The molecule has 2 aromatic carbocycles. The third kappa shape index (κ3) is 5.37. The fourth-order valence-electron chi connectivity index (χ4n) is 3.15. The lowest BCUT2D eigenvalue weighted by Crippen LogP contribution is -2.24. The second-order valence-corrected chi connectivity index (χ2v) is 8.20. The van der Waals surface area contributed by atoms with E-state index < -0.39 is 5.41 Å². The molecule has 0 fully saturated rings. The van der Waals surface area contributed by atoms with Gasteiger partial charge in [0.1, 0.15) is 17.9 Å². The molecule has 5 heteroatoms. The molecule has 0 radical (unpaired) electrons. The van der Waals surface area contributed by atoms with Gasteiger partial charge in [-0.1, -0.05) is 30.3 Å². The molecule has 1 heterocycles. The van der Waals surface area contributed by atoms with E-state index in [-0.39, 0.29) is 18.1 Å². The van der Waals surface area contributed by atoms with Crippen LogP contribution in [-0.4, -0.2) is 31.7 Å². The summed E-state index contributed by atoms with van der Waals surface area (Å²) in [6.45, 7) is 5.96. The number of ether oxygens (including phenoxy) is 3. The molecule has 29 heavy (non-hydrogen) atoms. The van der Waals surface area contributed by atoms with Crippen molar-refractivity contribution in [2.45, 2.75) is 45.8 Å². The van der Waals surface area contributed by atoms with Crippen molar-refractivity contribution in [3.63, 3.8) is 0 Å². The SMILES string of the molecule is COc1ccc(C2=N[C@@H](c3ccccc3)[C@H](CCCOC(=O)C(C)(C)C)O2)cc1. The summed E-state index contributed by atoms with van der Waals surface area (Å²) in [7, 11) is 1.65. The van der Waals surface area contributed by atoms with Crippen LogP contribution in [0.25, 0.3) is 0 Å². The van der Waals surface area contributed by atoms with Crippen LogP contribution in [0.5, 0.6) is 5.75 Å². The van der Waals surface area contributed by atoms with Gasteiger partial charge in [0, 0.05) is 5.56 Å². The molecular formula is C24H29NO4. The first kappa shape index (κ1) is 20.9. The predicted molar refractivity (Wildman–Crippen MR) is 113 cm³/mol. The van der Waals surface area contributed by atoms with Crippen LogP contribution in [0.15, 0.2) is 59.6 Å². The Balaban J connectivity index is 1.68. The third-order valence-corrected chi connectivity index (χ3v) is 4.83. The largest absolute Gasteiger partial charge is 0.497 e. The first-order chi connectivity index (χ1) is 13.9. The maximum absolute atomic E-state index is 11.9. The fraction of sp³-hybridized carbons (Fsp3) is 0.417. The monoisotopic (exact) mass is 395 g/mol. The molecule has 1 aliphatic heterocycles. The van der Waals surface area contributed by atoms with Gasteiger partial charge >= 0.3 is 5.97 Å². The first-order valence-electron chi connectivity index (χ1n) is 9.99.